The van der Waals surface area contributed by atoms with Crippen LogP contribution in [0.5, 0.6) is 5.88 Å². The molecule has 0 aliphatic carbocycles. The van der Waals surface area contributed by atoms with Gasteiger partial charge in [0.1, 0.15) is 11.5 Å². The molecule has 1 aromatic carbocycles. The lowest BCUT2D eigenvalue weighted by Crippen LogP contribution is -2.14. The van der Waals surface area contributed by atoms with E-state index in [0.717, 1.165) is 5.69 Å². The van der Waals surface area contributed by atoms with Gasteiger partial charge >= 0.3 is 5.97 Å². The number of nitrogens with zero attached hydrogens (tertiary/aromatic N) is 3. The topological polar surface area (TPSA) is 66.2 Å². The summed E-state index contributed by atoms with van der Waals surface area (Å²) in [7, 11) is 1.52. The molecular weight excluding hydrogens is 397 g/mol. The number of carbonyl (C=O) groups is 1. The molecule has 6 nitrogen and oxygen atoms in total. The van der Waals surface area contributed by atoms with E-state index in [1.165, 1.54) is 13.2 Å². The molecule has 0 radical (unpaired) electrons. The normalized spacial score (nSPS) is 11.0. The number of aromatic nitrogens is 3. The zero-order valence-corrected chi connectivity index (χ0v) is 17.6. The fraction of sp³-hybridized carbons (Fsp3) is 0.208. The molecule has 0 fully saturated rings. The van der Waals surface area contributed by atoms with Crippen LogP contribution in [-0.2, 0) is 11.3 Å². The van der Waals surface area contributed by atoms with Gasteiger partial charge in [0, 0.05) is 28.6 Å². The Bertz CT molecular complexity index is 1270. The number of methoxy groups -OCH3 is 1. The average Bonchev–Trinajstić information content (AvgIpc) is 3.08. The van der Waals surface area contributed by atoms with Crippen molar-refractivity contribution in [3.63, 3.8) is 0 Å². The average molecular weight is 419 g/mol. The van der Waals surface area contributed by atoms with Gasteiger partial charge in [0.25, 0.3) is 0 Å². The minimum atomic E-state index is -0.518. The maximum atomic E-state index is 14.5. The predicted molar refractivity (Wildman–Crippen MR) is 116 cm³/mol. The number of carbonyl (C=O) groups excluding carboxylic acids is 1. The Balaban J connectivity index is 2.08. The van der Waals surface area contributed by atoms with Gasteiger partial charge in [0.15, 0.2) is 0 Å². The van der Waals surface area contributed by atoms with E-state index in [-0.39, 0.29) is 24.7 Å². The Hall–Kier alpha value is -3.74. The highest BCUT2D eigenvalue weighted by Crippen LogP contribution is 2.39. The monoisotopic (exact) mass is 419 g/mol. The van der Waals surface area contributed by atoms with Gasteiger partial charge in [-0.05, 0) is 44.2 Å². The number of rotatable bonds is 6. The first kappa shape index (κ1) is 20.5. The quantitative estimate of drug-likeness (QED) is 0.421. The molecule has 0 spiro atoms. The van der Waals surface area contributed by atoms with Crippen molar-refractivity contribution in [1.29, 1.82) is 0 Å². The van der Waals surface area contributed by atoms with E-state index >= 15 is 0 Å². The molecule has 0 atom stereocenters. The van der Waals surface area contributed by atoms with E-state index in [4.69, 9.17) is 14.5 Å². The third-order valence-corrected chi connectivity index (χ3v) is 5.04. The van der Waals surface area contributed by atoms with Crippen molar-refractivity contribution in [3.8, 4) is 17.0 Å². The van der Waals surface area contributed by atoms with E-state index in [0.29, 0.717) is 33.6 Å². The van der Waals surface area contributed by atoms with Gasteiger partial charge in [-0.2, -0.15) is 0 Å². The number of fused-ring (bicyclic) bond motifs is 1. The largest absolute Gasteiger partial charge is 0.481 e. The first-order chi connectivity index (χ1) is 15.0. The molecule has 3 heterocycles. The molecular formula is C24H22FN3O3. The third-order valence-electron chi connectivity index (χ3n) is 5.04. The van der Waals surface area contributed by atoms with Gasteiger partial charge < -0.3 is 14.0 Å². The van der Waals surface area contributed by atoms with Gasteiger partial charge in [-0.15, -0.1) is 0 Å². The fourth-order valence-electron chi connectivity index (χ4n) is 3.69. The SMILES string of the molecule is CCOC(=O)c1c(-c2cccnc2OC)c2nc(C)ccc2n1Cc1ccccc1F. The third kappa shape index (κ3) is 3.74. The minimum absolute atomic E-state index is 0.143. The highest BCUT2D eigenvalue weighted by Gasteiger charge is 2.28. The van der Waals surface area contributed by atoms with Gasteiger partial charge in [0.05, 0.1) is 31.3 Å². The second-order valence-electron chi connectivity index (χ2n) is 7.00. The first-order valence-electron chi connectivity index (χ1n) is 9.94. The van der Waals surface area contributed by atoms with Crippen molar-refractivity contribution >= 4 is 17.0 Å². The van der Waals surface area contributed by atoms with Crippen LogP contribution in [0.4, 0.5) is 4.39 Å². The van der Waals surface area contributed by atoms with E-state index in [1.54, 1.807) is 42.0 Å². The number of ether oxygens (including phenoxy) is 2. The Morgan fingerprint density at radius 3 is 2.68 bits per heavy atom. The summed E-state index contributed by atoms with van der Waals surface area (Å²) in [6.07, 6.45) is 1.61. The predicted octanol–water partition coefficient (Wildman–Crippen LogP) is 4.78. The first-order valence-corrected chi connectivity index (χ1v) is 9.94. The molecule has 0 aliphatic heterocycles. The van der Waals surface area contributed by atoms with E-state index in [2.05, 4.69) is 4.98 Å². The molecule has 158 valence electrons. The molecule has 0 bridgehead atoms. The lowest BCUT2D eigenvalue weighted by molar-refractivity contribution is 0.0516. The number of hydrogen-bond donors (Lipinski definition) is 0. The molecule has 0 amide bonds. The number of hydrogen-bond acceptors (Lipinski definition) is 5. The van der Waals surface area contributed by atoms with E-state index in [1.807, 2.05) is 25.1 Å². The molecule has 0 aliphatic rings. The van der Waals surface area contributed by atoms with Crippen LogP contribution in [0.15, 0.2) is 54.7 Å². The molecule has 4 aromatic rings. The number of benzene rings is 1. The zero-order chi connectivity index (χ0) is 22.0. The van der Waals surface area contributed by atoms with Gasteiger partial charge in [0.2, 0.25) is 5.88 Å². The zero-order valence-electron chi connectivity index (χ0n) is 17.6. The molecule has 0 saturated heterocycles. The summed E-state index contributed by atoms with van der Waals surface area (Å²) in [5.41, 5.74) is 3.99. The van der Waals surface area contributed by atoms with Crippen molar-refractivity contribution < 1.29 is 18.7 Å². The second-order valence-corrected chi connectivity index (χ2v) is 7.00. The molecule has 0 N–H and O–H groups in total. The summed E-state index contributed by atoms with van der Waals surface area (Å²) in [6.45, 7) is 3.97. The van der Waals surface area contributed by atoms with Crippen LogP contribution in [0.3, 0.4) is 0 Å². The highest BCUT2D eigenvalue weighted by atomic mass is 19.1. The van der Waals surface area contributed by atoms with Crippen molar-refractivity contribution in [2.45, 2.75) is 20.4 Å². The van der Waals surface area contributed by atoms with Crippen LogP contribution in [0, 0.1) is 12.7 Å². The van der Waals surface area contributed by atoms with Crippen molar-refractivity contribution in [3.05, 3.63) is 77.5 Å². The Kier molecular flexibility index (Phi) is 5.66. The van der Waals surface area contributed by atoms with E-state index in [9.17, 15) is 9.18 Å². The maximum Gasteiger partial charge on any atom is 0.355 e. The summed E-state index contributed by atoms with van der Waals surface area (Å²) >= 11 is 0. The fourth-order valence-corrected chi connectivity index (χ4v) is 3.69. The Morgan fingerprint density at radius 2 is 1.94 bits per heavy atom. The van der Waals surface area contributed by atoms with Crippen LogP contribution in [0.25, 0.3) is 22.2 Å². The minimum Gasteiger partial charge on any atom is -0.481 e. The Labute approximate surface area is 179 Å². The van der Waals surface area contributed by atoms with Crippen LogP contribution in [-0.4, -0.2) is 34.2 Å². The summed E-state index contributed by atoms with van der Waals surface area (Å²) in [4.78, 5) is 22.2. The lowest BCUT2D eigenvalue weighted by atomic mass is 10.1. The molecule has 7 heteroatoms. The number of esters is 1. The molecule has 0 unspecified atom stereocenters. The van der Waals surface area contributed by atoms with Gasteiger partial charge in [-0.1, -0.05) is 18.2 Å². The summed E-state index contributed by atoms with van der Waals surface area (Å²) in [5, 5.41) is 0. The van der Waals surface area contributed by atoms with Gasteiger partial charge in [-0.25, -0.2) is 14.2 Å². The number of aryl methyl sites for hydroxylation is 1. The summed E-state index contributed by atoms with van der Waals surface area (Å²) in [5.74, 6) is -0.503. The standard InChI is InChI=1S/C24H22FN3O3/c1-4-31-24(29)22-20(17-9-7-13-26-23(17)30-3)21-19(12-11-15(2)27-21)28(22)14-16-8-5-6-10-18(16)25/h5-13H,4,14H2,1-3H3. The maximum absolute atomic E-state index is 14.5. The van der Waals surface area contributed by atoms with Gasteiger partial charge in [-0.3, -0.25) is 4.98 Å². The van der Waals surface area contributed by atoms with E-state index < -0.39 is 5.97 Å². The summed E-state index contributed by atoms with van der Waals surface area (Å²) in [6, 6.07) is 13.8. The van der Waals surface area contributed by atoms with Crippen LogP contribution in [0.1, 0.15) is 28.7 Å². The smallest absolute Gasteiger partial charge is 0.355 e. The lowest BCUT2D eigenvalue weighted by Gasteiger charge is -2.13. The van der Waals surface area contributed by atoms with Crippen molar-refractivity contribution in [2.75, 3.05) is 13.7 Å². The van der Waals surface area contributed by atoms with Crippen LogP contribution >= 0.6 is 0 Å². The summed E-state index contributed by atoms with van der Waals surface area (Å²) < 4.78 is 27.1. The van der Waals surface area contributed by atoms with Crippen molar-refractivity contribution in [1.82, 2.24) is 14.5 Å². The second kappa shape index (κ2) is 8.55. The van der Waals surface area contributed by atoms with Crippen molar-refractivity contribution in [2.24, 2.45) is 0 Å². The molecule has 31 heavy (non-hydrogen) atoms. The number of halogens is 1. The molecule has 0 saturated carbocycles. The van der Waals surface area contributed by atoms with Crippen LogP contribution < -0.4 is 4.74 Å². The number of pyridine rings is 2. The molecule has 4 rings (SSSR count). The molecule has 3 aromatic heterocycles. The Morgan fingerprint density at radius 1 is 1.13 bits per heavy atom. The van der Waals surface area contributed by atoms with Crippen LogP contribution in [0.2, 0.25) is 0 Å². The highest BCUT2D eigenvalue weighted by molar-refractivity contribution is 6.08.